The van der Waals surface area contributed by atoms with Crippen molar-refractivity contribution in [3.8, 4) is 17.6 Å². The van der Waals surface area contributed by atoms with Gasteiger partial charge in [-0.05, 0) is 36.4 Å². The molecular formula is C21H18F2N2O3. The maximum atomic E-state index is 13.2. The molecule has 1 aliphatic rings. The molecule has 0 unspecified atom stereocenters. The summed E-state index contributed by atoms with van der Waals surface area (Å²) in [6.07, 6.45) is 0. The molecule has 2 aromatic carbocycles. The highest BCUT2D eigenvalue weighted by atomic mass is 19.1. The van der Waals surface area contributed by atoms with Crippen molar-refractivity contribution in [3.05, 3.63) is 65.2 Å². The van der Waals surface area contributed by atoms with E-state index in [1.165, 1.54) is 4.90 Å². The Kier molecular flexibility index (Phi) is 5.90. The lowest BCUT2D eigenvalue weighted by molar-refractivity contribution is -0.126. The zero-order valence-electron chi connectivity index (χ0n) is 15.2. The minimum Gasteiger partial charge on any atom is -0.497 e. The van der Waals surface area contributed by atoms with Crippen LogP contribution in [0.5, 0.6) is 5.75 Å². The maximum Gasteiger partial charge on any atom is 0.298 e. The molecule has 28 heavy (non-hydrogen) atoms. The molecule has 0 N–H and O–H groups in total. The third-order valence-electron chi connectivity index (χ3n) is 4.37. The molecule has 0 spiro atoms. The standard InChI is InChI=1S/C21H18F2N2O3/c1-28-19-5-3-16(4-6-19)21(27)25-10-8-24(9-11-25)20(26)7-2-15-12-17(22)14-18(23)13-15/h3-6,12-14H,8-11H2,1H3. The van der Waals surface area contributed by atoms with E-state index in [2.05, 4.69) is 11.8 Å². The summed E-state index contributed by atoms with van der Waals surface area (Å²) in [5, 5.41) is 0. The molecule has 1 saturated heterocycles. The molecule has 5 nitrogen and oxygen atoms in total. The number of nitrogens with zero attached hydrogens (tertiary/aromatic N) is 2. The summed E-state index contributed by atoms with van der Waals surface area (Å²) in [5.74, 6) is 3.49. The molecular weight excluding hydrogens is 366 g/mol. The number of piperazine rings is 1. The molecule has 2 amide bonds. The van der Waals surface area contributed by atoms with E-state index in [9.17, 15) is 18.4 Å². The Morgan fingerprint density at radius 1 is 0.929 bits per heavy atom. The molecule has 2 aromatic rings. The van der Waals surface area contributed by atoms with Gasteiger partial charge in [0.25, 0.3) is 11.8 Å². The fourth-order valence-electron chi connectivity index (χ4n) is 2.86. The average molecular weight is 384 g/mol. The molecule has 0 aromatic heterocycles. The van der Waals surface area contributed by atoms with Crippen LogP contribution in [0.3, 0.4) is 0 Å². The first kappa shape index (κ1) is 19.4. The molecule has 144 valence electrons. The lowest BCUT2D eigenvalue weighted by Crippen LogP contribution is -2.50. The third kappa shape index (κ3) is 4.65. The first-order valence-corrected chi connectivity index (χ1v) is 8.66. The molecule has 1 heterocycles. The predicted octanol–water partition coefficient (Wildman–Crippen LogP) is 2.31. The highest BCUT2D eigenvalue weighted by Crippen LogP contribution is 2.14. The Balaban J connectivity index is 1.58. The van der Waals surface area contributed by atoms with Gasteiger partial charge in [-0.3, -0.25) is 9.59 Å². The molecule has 0 aliphatic carbocycles. The first-order valence-electron chi connectivity index (χ1n) is 8.66. The minimum atomic E-state index is -0.748. The molecule has 3 rings (SSSR count). The fraction of sp³-hybridized carbons (Fsp3) is 0.238. The molecule has 0 saturated carbocycles. The summed E-state index contributed by atoms with van der Waals surface area (Å²) in [4.78, 5) is 27.9. The summed E-state index contributed by atoms with van der Waals surface area (Å²) in [6.45, 7) is 1.44. The Labute approximate surface area is 161 Å². The van der Waals surface area contributed by atoms with Crippen molar-refractivity contribution >= 4 is 11.8 Å². The number of rotatable bonds is 2. The zero-order valence-corrected chi connectivity index (χ0v) is 15.2. The number of hydrogen-bond acceptors (Lipinski definition) is 3. The number of ether oxygens (including phenoxy) is 1. The Hall–Kier alpha value is -3.40. The van der Waals surface area contributed by atoms with Gasteiger partial charge in [0.15, 0.2) is 0 Å². The van der Waals surface area contributed by atoms with Crippen LogP contribution < -0.4 is 4.74 Å². The van der Waals surface area contributed by atoms with Crippen LogP contribution in [0, 0.1) is 23.5 Å². The van der Waals surface area contributed by atoms with E-state index >= 15 is 0 Å². The maximum absolute atomic E-state index is 13.2. The number of hydrogen-bond donors (Lipinski definition) is 0. The monoisotopic (exact) mass is 384 g/mol. The molecule has 0 bridgehead atoms. The second-order valence-electron chi connectivity index (χ2n) is 6.22. The van der Waals surface area contributed by atoms with Crippen LogP contribution in [0.1, 0.15) is 15.9 Å². The van der Waals surface area contributed by atoms with E-state index in [1.807, 2.05) is 0 Å². The molecule has 0 atom stereocenters. The van der Waals surface area contributed by atoms with Gasteiger partial charge in [-0.1, -0.05) is 5.92 Å². The fourth-order valence-corrected chi connectivity index (χ4v) is 2.86. The summed E-state index contributed by atoms with van der Waals surface area (Å²) in [5.41, 5.74) is 0.646. The van der Waals surface area contributed by atoms with Gasteiger partial charge in [-0.2, -0.15) is 0 Å². The SMILES string of the molecule is COc1ccc(C(=O)N2CCN(C(=O)C#Cc3cc(F)cc(F)c3)CC2)cc1. The van der Waals surface area contributed by atoms with E-state index in [4.69, 9.17) is 4.74 Å². The smallest absolute Gasteiger partial charge is 0.298 e. The lowest BCUT2D eigenvalue weighted by Gasteiger charge is -2.33. The van der Waals surface area contributed by atoms with Gasteiger partial charge >= 0.3 is 0 Å². The van der Waals surface area contributed by atoms with Crippen LogP contribution in [0.2, 0.25) is 0 Å². The van der Waals surface area contributed by atoms with Crippen molar-refractivity contribution in [2.24, 2.45) is 0 Å². The second-order valence-corrected chi connectivity index (χ2v) is 6.22. The van der Waals surface area contributed by atoms with E-state index in [0.29, 0.717) is 37.5 Å². The first-order chi connectivity index (χ1) is 13.5. The van der Waals surface area contributed by atoms with Crippen LogP contribution in [-0.4, -0.2) is 54.9 Å². The lowest BCUT2D eigenvalue weighted by atomic mass is 10.1. The van der Waals surface area contributed by atoms with E-state index < -0.39 is 17.5 Å². The van der Waals surface area contributed by atoms with Gasteiger partial charge in [-0.15, -0.1) is 0 Å². The van der Waals surface area contributed by atoms with E-state index in [-0.39, 0.29) is 11.5 Å². The van der Waals surface area contributed by atoms with E-state index in [0.717, 1.165) is 18.2 Å². The molecule has 1 fully saturated rings. The molecule has 7 heteroatoms. The highest BCUT2D eigenvalue weighted by Gasteiger charge is 2.24. The Morgan fingerprint density at radius 2 is 1.50 bits per heavy atom. The number of carbonyl (C=O) groups is 2. The average Bonchev–Trinajstić information content (AvgIpc) is 2.71. The van der Waals surface area contributed by atoms with Crippen LogP contribution in [0.4, 0.5) is 8.78 Å². The number of benzene rings is 2. The van der Waals surface area contributed by atoms with Crippen molar-refractivity contribution in [2.75, 3.05) is 33.3 Å². The van der Waals surface area contributed by atoms with Crippen molar-refractivity contribution in [3.63, 3.8) is 0 Å². The van der Waals surface area contributed by atoms with Gasteiger partial charge in [0.2, 0.25) is 0 Å². The van der Waals surface area contributed by atoms with Crippen molar-refractivity contribution < 1.29 is 23.1 Å². The zero-order chi connectivity index (χ0) is 20.1. The normalized spacial score (nSPS) is 13.5. The van der Waals surface area contributed by atoms with Crippen molar-refractivity contribution in [2.45, 2.75) is 0 Å². The third-order valence-corrected chi connectivity index (χ3v) is 4.37. The van der Waals surface area contributed by atoms with Crippen LogP contribution in [0.15, 0.2) is 42.5 Å². The van der Waals surface area contributed by atoms with Gasteiger partial charge in [-0.25, -0.2) is 8.78 Å². The Bertz CT molecular complexity index is 920. The second kappa shape index (κ2) is 8.53. The largest absolute Gasteiger partial charge is 0.497 e. The Morgan fingerprint density at radius 3 is 2.07 bits per heavy atom. The number of amides is 2. The van der Waals surface area contributed by atoms with Crippen LogP contribution in [0.25, 0.3) is 0 Å². The van der Waals surface area contributed by atoms with Crippen molar-refractivity contribution in [1.82, 2.24) is 9.80 Å². The number of halogens is 2. The van der Waals surface area contributed by atoms with Gasteiger partial charge in [0, 0.05) is 49.3 Å². The number of carbonyl (C=O) groups excluding carboxylic acids is 2. The molecule has 0 radical (unpaired) electrons. The van der Waals surface area contributed by atoms with Gasteiger partial charge in [0.05, 0.1) is 7.11 Å². The van der Waals surface area contributed by atoms with Crippen LogP contribution in [-0.2, 0) is 4.79 Å². The summed E-state index contributed by atoms with van der Waals surface area (Å²) >= 11 is 0. The topological polar surface area (TPSA) is 49.9 Å². The summed E-state index contributed by atoms with van der Waals surface area (Å²) in [7, 11) is 1.56. The van der Waals surface area contributed by atoms with Gasteiger partial charge < -0.3 is 14.5 Å². The minimum absolute atomic E-state index is 0.0965. The van der Waals surface area contributed by atoms with E-state index in [1.54, 1.807) is 36.3 Å². The number of methoxy groups -OCH3 is 1. The van der Waals surface area contributed by atoms with Crippen LogP contribution >= 0.6 is 0 Å². The molecule has 1 aliphatic heterocycles. The summed E-state index contributed by atoms with van der Waals surface area (Å²) in [6, 6.07) is 9.70. The predicted molar refractivity (Wildman–Crippen MR) is 98.7 cm³/mol. The van der Waals surface area contributed by atoms with Gasteiger partial charge in [0.1, 0.15) is 17.4 Å². The quantitative estimate of drug-likeness (QED) is 0.747. The van der Waals surface area contributed by atoms with Crippen molar-refractivity contribution in [1.29, 1.82) is 0 Å². The highest BCUT2D eigenvalue weighted by molar-refractivity contribution is 5.96. The summed E-state index contributed by atoms with van der Waals surface area (Å²) < 4.78 is 31.4.